The molecule has 0 fully saturated rings. The molecule has 3 rings (SSSR count). The van der Waals surface area contributed by atoms with Gasteiger partial charge in [-0.1, -0.05) is 17.7 Å². The molecule has 0 saturated heterocycles. The Morgan fingerprint density at radius 2 is 1.30 bits per heavy atom. The molecule has 0 atom stereocenters. The minimum atomic E-state index is -3.73. The van der Waals surface area contributed by atoms with Crippen molar-refractivity contribution in [2.24, 2.45) is 0 Å². The molecule has 156 valence electrons. The standard InChI is InChI=1S/C22H22FN3O2S2/c1-14-12-15(2)21(16(3)13-14)26-30(27,28)20-10-8-19(9-11-20)25-22(29)24-18-6-4-17(23)5-7-18/h4-13,26H,1-3H3,(H2,24,25,29). The fourth-order valence-electron chi connectivity index (χ4n) is 3.08. The normalized spacial score (nSPS) is 11.1. The average Bonchev–Trinajstić information content (AvgIpc) is 2.67. The summed E-state index contributed by atoms with van der Waals surface area (Å²) in [5.41, 5.74) is 4.66. The van der Waals surface area contributed by atoms with E-state index >= 15 is 0 Å². The highest BCUT2D eigenvalue weighted by molar-refractivity contribution is 7.92. The van der Waals surface area contributed by atoms with Gasteiger partial charge in [0.25, 0.3) is 10.0 Å². The number of sulfonamides is 1. The Hall–Kier alpha value is -2.97. The SMILES string of the molecule is Cc1cc(C)c(NS(=O)(=O)c2ccc(NC(=S)Nc3ccc(F)cc3)cc2)c(C)c1. The Morgan fingerprint density at radius 1 is 0.833 bits per heavy atom. The molecular formula is C22H22FN3O2S2. The zero-order valence-corrected chi connectivity index (χ0v) is 18.4. The van der Waals surface area contributed by atoms with Crippen molar-refractivity contribution in [2.45, 2.75) is 25.7 Å². The molecule has 0 bridgehead atoms. The van der Waals surface area contributed by atoms with E-state index in [0.29, 0.717) is 22.2 Å². The second-order valence-corrected chi connectivity index (χ2v) is 9.08. The highest BCUT2D eigenvalue weighted by Crippen LogP contribution is 2.25. The molecule has 0 radical (unpaired) electrons. The molecule has 3 aromatic rings. The van der Waals surface area contributed by atoms with Crippen molar-refractivity contribution in [1.82, 2.24) is 0 Å². The van der Waals surface area contributed by atoms with Crippen LogP contribution in [0.4, 0.5) is 21.5 Å². The molecule has 5 nitrogen and oxygen atoms in total. The molecular weight excluding hydrogens is 421 g/mol. The van der Waals surface area contributed by atoms with E-state index in [-0.39, 0.29) is 10.7 Å². The van der Waals surface area contributed by atoms with Crippen molar-refractivity contribution in [3.8, 4) is 0 Å². The number of thiocarbonyl (C=S) groups is 1. The Kier molecular flexibility index (Phi) is 6.38. The van der Waals surface area contributed by atoms with E-state index in [1.54, 1.807) is 24.3 Å². The van der Waals surface area contributed by atoms with E-state index < -0.39 is 10.0 Å². The maximum atomic E-state index is 13.0. The molecule has 30 heavy (non-hydrogen) atoms. The van der Waals surface area contributed by atoms with Crippen LogP contribution in [0.2, 0.25) is 0 Å². The largest absolute Gasteiger partial charge is 0.332 e. The maximum absolute atomic E-state index is 13.0. The Labute approximate surface area is 181 Å². The molecule has 0 aliphatic rings. The van der Waals surface area contributed by atoms with E-state index in [1.807, 2.05) is 32.9 Å². The fourth-order valence-corrected chi connectivity index (χ4v) is 4.52. The van der Waals surface area contributed by atoms with E-state index in [9.17, 15) is 12.8 Å². The second-order valence-electron chi connectivity index (χ2n) is 6.99. The highest BCUT2D eigenvalue weighted by atomic mass is 32.2. The predicted molar refractivity (Wildman–Crippen MR) is 124 cm³/mol. The molecule has 0 spiro atoms. The molecule has 3 aromatic carbocycles. The van der Waals surface area contributed by atoms with Gasteiger partial charge in [0.1, 0.15) is 5.82 Å². The van der Waals surface area contributed by atoms with Gasteiger partial charge in [0.2, 0.25) is 0 Å². The zero-order chi connectivity index (χ0) is 21.9. The molecule has 8 heteroatoms. The average molecular weight is 444 g/mol. The van der Waals surface area contributed by atoms with E-state index in [1.165, 1.54) is 24.3 Å². The van der Waals surface area contributed by atoms with Gasteiger partial charge >= 0.3 is 0 Å². The van der Waals surface area contributed by atoms with Crippen LogP contribution in [0.15, 0.2) is 65.6 Å². The van der Waals surface area contributed by atoms with Gasteiger partial charge in [0.15, 0.2) is 5.11 Å². The number of nitrogens with one attached hydrogen (secondary N) is 3. The van der Waals surface area contributed by atoms with Gasteiger partial charge in [-0.05, 0) is 92.6 Å². The molecule has 0 aliphatic carbocycles. The van der Waals surface area contributed by atoms with Gasteiger partial charge in [-0.15, -0.1) is 0 Å². The van der Waals surface area contributed by atoms with Crippen molar-refractivity contribution in [1.29, 1.82) is 0 Å². The number of benzene rings is 3. The lowest BCUT2D eigenvalue weighted by molar-refractivity contribution is 0.601. The minimum absolute atomic E-state index is 0.143. The summed E-state index contributed by atoms with van der Waals surface area (Å²) in [4.78, 5) is 0.143. The van der Waals surface area contributed by atoms with E-state index in [0.717, 1.165) is 16.7 Å². The summed E-state index contributed by atoms with van der Waals surface area (Å²) in [6.07, 6.45) is 0. The third-order valence-electron chi connectivity index (χ3n) is 4.44. The summed E-state index contributed by atoms with van der Waals surface area (Å²) in [5, 5.41) is 6.21. The Balaban J connectivity index is 1.70. The Bertz CT molecular complexity index is 1150. The predicted octanol–water partition coefficient (Wildman–Crippen LogP) is 5.36. The third-order valence-corrected chi connectivity index (χ3v) is 6.01. The number of halogens is 1. The summed E-state index contributed by atoms with van der Waals surface area (Å²) < 4.78 is 41.2. The van der Waals surface area contributed by atoms with Crippen LogP contribution in [0.5, 0.6) is 0 Å². The molecule has 0 saturated carbocycles. The van der Waals surface area contributed by atoms with Gasteiger partial charge in [-0.25, -0.2) is 12.8 Å². The van der Waals surface area contributed by atoms with Gasteiger partial charge in [0, 0.05) is 11.4 Å². The van der Waals surface area contributed by atoms with Crippen LogP contribution in [-0.4, -0.2) is 13.5 Å². The maximum Gasteiger partial charge on any atom is 0.261 e. The van der Waals surface area contributed by atoms with Crippen LogP contribution in [0.1, 0.15) is 16.7 Å². The Morgan fingerprint density at radius 3 is 1.80 bits per heavy atom. The third kappa shape index (κ3) is 5.34. The van der Waals surface area contributed by atoms with Crippen LogP contribution < -0.4 is 15.4 Å². The fraction of sp³-hybridized carbons (Fsp3) is 0.136. The smallest absolute Gasteiger partial charge is 0.261 e. The monoisotopic (exact) mass is 443 g/mol. The van der Waals surface area contributed by atoms with Crippen LogP contribution in [0.25, 0.3) is 0 Å². The van der Waals surface area contributed by atoms with Crippen molar-refractivity contribution in [3.05, 3.63) is 83.2 Å². The molecule has 0 heterocycles. The minimum Gasteiger partial charge on any atom is -0.332 e. The lowest BCUT2D eigenvalue weighted by Gasteiger charge is -2.15. The quantitative estimate of drug-likeness (QED) is 0.463. The van der Waals surface area contributed by atoms with Gasteiger partial charge in [-0.3, -0.25) is 4.72 Å². The summed E-state index contributed by atoms with van der Waals surface area (Å²) in [6.45, 7) is 5.72. The van der Waals surface area contributed by atoms with Crippen molar-refractivity contribution >= 4 is 44.4 Å². The summed E-state index contributed by atoms with van der Waals surface area (Å²) in [5.74, 6) is -0.333. The molecule has 0 amide bonds. The molecule has 0 unspecified atom stereocenters. The topological polar surface area (TPSA) is 70.2 Å². The van der Waals surface area contributed by atoms with Crippen LogP contribution in [0.3, 0.4) is 0 Å². The lowest BCUT2D eigenvalue weighted by Crippen LogP contribution is -2.19. The number of rotatable bonds is 5. The van der Waals surface area contributed by atoms with Crippen molar-refractivity contribution in [2.75, 3.05) is 15.4 Å². The van der Waals surface area contributed by atoms with Crippen LogP contribution in [-0.2, 0) is 10.0 Å². The van der Waals surface area contributed by atoms with Gasteiger partial charge in [-0.2, -0.15) is 0 Å². The number of hydrogen-bond donors (Lipinski definition) is 3. The van der Waals surface area contributed by atoms with E-state index in [2.05, 4.69) is 15.4 Å². The summed E-state index contributed by atoms with van der Waals surface area (Å²) in [6, 6.07) is 15.9. The van der Waals surface area contributed by atoms with Crippen LogP contribution in [0, 0.1) is 26.6 Å². The number of hydrogen-bond acceptors (Lipinski definition) is 3. The first-order chi connectivity index (χ1) is 14.1. The number of anilines is 3. The first kappa shape index (κ1) is 21.7. The number of aryl methyl sites for hydroxylation is 3. The van der Waals surface area contributed by atoms with Crippen LogP contribution >= 0.6 is 12.2 Å². The molecule has 3 N–H and O–H groups in total. The van der Waals surface area contributed by atoms with Crippen molar-refractivity contribution < 1.29 is 12.8 Å². The summed E-state index contributed by atoms with van der Waals surface area (Å²) >= 11 is 5.24. The van der Waals surface area contributed by atoms with Gasteiger partial charge in [0.05, 0.1) is 10.6 Å². The molecule has 0 aliphatic heterocycles. The van der Waals surface area contributed by atoms with Crippen molar-refractivity contribution in [3.63, 3.8) is 0 Å². The second kappa shape index (κ2) is 8.81. The zero-order valence-electron chi connectivity index (χ0n) is 16.8. The van der Waals surface area contributed by atoms with E-state index in [4.69, 9.17) is 12.2 Å². The highest BCUT2D eigenvalue weighted by Gasteiger charge is 2.17. The molecule has 0 aromatic heterocycles. The lowest BCUT2D eigenvalue weighted by atomic mass is 10.1. The summed E-state index contributed by atoms with van der Waals surface area (Å²) in [7, 11) is -3.73. The van der Waals surface area contributed by atoms with Gasteiger partial charge < -0.3 is 10.6 Å². The first-order valence-electron chi connectivity index (χ1n) is 9.18. The first-order valence-corrected chi connectivity index (χ1v) is 11.1.